The Balaban J connectivity index is 2.63. The molecule has 0 saturated heterocycles. The number of Topliss-reactive ketones (excluding diaryl/α,β-unsaturated/α-hetero) is 1. The number of rotatable bonds is 5. The van der Waals surface area contributed by atoms with Crippen LogP contribution in [0.2, 0.25) is 0 Å². The van der Waals surface area contributed by atoms with E-state index in [2.05, 4.69) is 5.32 Å². The van der Waals surface area contributed by atoms with Crippen LogP contribution in [0.1, 0.15) is 10.4 Å². The molecule has 98 valence electrons. The molecule has 1 aromatic carbocycles. The molecule has 0 saturated carbocycles. The molecule has 1 N–H and O–H groups in total. The zero-order chi connectivity index (χ0) is 13.7. The lowest BCUT2D eigenvalue weighted by atomic mass is 10.1. The zero-order valence-electron chi connectivity index (χ0n) is 10.2. The van der Waals surface area contributed by atoms with Gasteiger partial charge < -0.3 is 10.2 Å². The van der Waals surface area contributed by atoms with Crippen LogP contribution in [0.25, 0.3) is 0 Å². The van der Waals surface area contributed by atoms with E-state index in [4.69, 9.17) is 0 Å². The lowest BCUT2D eigenvalue weighted by Gasteiger charge is -2.09. The van der Waals surface area contributed by atoms with Crippen LogP contribution in [0.4, 0.5) is 8.78 Å². The normalized spacial score (nSPS) is 10.5. The van der Waals surface area contributed by atoms with Crippen LogP contribution in [-0.2, 0) is 4.79 Å². The van der Waals surface area contributed by atoms with Crippen LogP contribution in [0.15, 0.2) is 18.2 Å². The van der Waals surface area contributed by atoms with Crippen molar-refractivity contribution in [3.63, 3.8) is 0 Å². The van der Waals surface area contributed by atoms with Gasteiger partial charge >= 0.3 is 0 Å². The minimum atomic E-state index is -1.15. The van der Waals surface area contributed by atoms with Gasteiger partial charge in [-0.05, 0) is 32.3 Å². The summed E-state index contributed by atoms with van der Waals surface area (Å²) < 4.78 is 25.6. The van der Waals surface area contributed by atoms with Gasteiger partial charge in [0.05, 0.1) is 0 Å². The molecule has 0 fully saturated rings. The Hall–Kier alpha value is -1.82. The van der Waals surface area contributed by atoms with Gasteiger partial charge in [-0.3, -0.25) is 9.59 Å². The number of ketones is 1. The molecule has 1 aromatic rings. The van der Waals surface area contributed by atoms with Crippen molar-refractivity contribution >= 4 is 11.7 Å². The fourth-order valence-electron chi connectivity index (χ4n) is 1.24. The maximum absolute atomic E-state index is 12.9. The molecule has 0 bridgehead atoms. The van der Waals surface area contributed by atoms with Crippen LogP contribution < -0.4 is 5.32 Å². The Morgan fingerprint density at radius 3 is 2.44 bits per heavy atom. The molecule has 6 heteroatoms. The van der Waals surface area contributed by atoms with Gasteiger partial charge in [0.1, 0.15) is 0 Å². The standard InChI is InChI=1S/C12H14F2N2O2/c1-16(2)6-5-15-12(18)11(17)8-3-4-9(13)10(14)7-8/h3-4,7H,5-6H2,1-2H3,(H,15,18). The number of halogens is 2. The van der Waals surface area contributed by atoms with Gasteiger partial charge in [0.25, 0.3) is 5.91 Å². The average Bonchev–Trinajstić information content (AvgIpc) is 2.31. The van der Waals surface area contributed by atoms with Crippen molar-refractivity contribution < 1.29 is 18.4 Å². The van der Waals surface area contributed by atoms with Gasteiger partial charge in [0, 0.05) is 18.7 Å². The summed E-state index contributed by atoms with van der Waals surface area (Å²) in [6.07, 6.45) is 0. The van der Waals surface area contributed by atoms with E-state index in [0.29, 0.717) is 19.2 Å². The summed E-state index contributed by atoms with van der Waals surface area (Å²) in [4.78, 5) is 24.8. The first-order valence-corrected chi connectivity index (χ1v) is 5.34. The van der Waals surface area contributed by atoms with E-state index in [1.165, 1.54) is 0 Å². The lowest BCUT2D eigenvalue weighted by molar-refractivity contribution is -0.117. The number of nitrogens with one attached hydrogen (secondary N) is 1. The minimum absolute atomic E-state index is 0.170. The average molecular weight is 256 g/mol. The van der Waals surface area contributed by atoms with Crippen LogP contribution >= 0.6 is 0 Å². The second kappa shape index (κ2) is 6.20. The Kier molecular flexibility index (Phi) is 4.91. The molecule has 1 amide bonds. The van der Waals surface area contributed by atoms with Crippen molar-refractivity contribution in [2.45, 2.75) is 0 Å². The van der Waals surface area contributed by atoms with E-state index in [9.17, 15) is 18.4 Å². The summed E-state index contributed by atoms with van der Waals surface area (Å²) >= 11 is 0. The molecule has 0 atom stereocenters. The molecule has 0 aliphatic heterocycles. The third-order valence-corrected chi connectivity index (χ3v) is 2.23. The number of benzene rings is 1. The molecule has 18 heavy (non-hydrogen) atoms. The van der Waals surface area contributed by atoms with Crippen molar-refractivity contribution in [1.82, 2.24) is 10.2 Å². The van der Waals surface area contributed by atoms with Crippen molar-refractivity contribution in [2.75, 3.05) is 27.2 Å². The first-order valence-electron chi connectivity index (χ1n) is 5.34. The molecule has 0 radical (unpaired) electrons. The second-order valence-electron chi connectivity index (χ2n) is 4.02. The Bertz CT molecular complexity index is 461. The highest BCUT2D eigenvalue weighted by atomic mass is 19.2. The Morgan fingerprint density at radius 2 is 1.89 bits per heavy atom. The van der Waals surface area contributed by atoms with Crippen molar-refractivity contribution in [1.29, 1.82) is 0 Å². The topological polar surface area (TPSA) is 49.4 Å². The summed E-state index contributed by atoms with van der Waals surface area (Å²) in [5.74, 6) is -3.92. The number of likely N-dealkylation sites (N-methyl/N-ethyl adjacent to an activating group) is 1. The van der Waals surface area contributed by atoms with Gasteiger partial charge in [0.2, 0.25) is 5.78 Å². The number of carbonyl (C=O) groups is 2. The first kappa shape index (κ1) is 14.2. The minimum Gasteiger partial charge on any atom is -0.348 e. The van der Waals surface area contributed by atoms with Gasteiger partial charge in [-0.2, -0.15) is 0 Å². The molecule has 0 unspecified atom stereocenters. The molecular formula is C12H14F2N2O2. The van der Waals surface area contributed by atoms with Crippen LogP contribution in [0.5, 0.6) is 0 Å². The van der Waals surface area contributed by atoms with Crippen molar-refractivity contribution in [3.8, 4) is 0 Å². The second-order valence-corrected chi connectivity index (χ2v) is 4.02. The van der Waals surface area contributed by atoms with Crippen LogP contribution in [0, 0.1) is 11.6 Å². The number of carbonyl (C=O) groups excluding carboxylic acids is 2. The number of hydrogen-bond donors (Lipinski definition) is 1. The highest BCUT2D eigenvalue weighted by molar-refractivity contribution is 6.42. The van der Waals surface area contributed by atoms with Crippen molar-refractivity contribution in [3.05, 3.63) is 35.4 Å². The molecular weight excluding hydrogens is 242 g/mol. The third kappa shape index (κ3) is 3.89. The Morgan fingerprint density at radius 1 is 1.22 bits per heavy atom. The zero-order valence-corrected chi connectivity index (χ0v) is 10.2. The largest absolute Gasteiger partial charge is 0.348 e. The van der Waals surface area contributed by atoms with E-state index in [1.807, 2.05) is 19.0 Å². The van der Waals surface area contributed by atoms with Gasteiger partial charge in [-0.1, -0.05) is 0 Å². The molecule has 0 aromatic heterocycles. The van der Waals surface area contributed by atoms with Gasteiger partial charge in [-0.15, -0.1) is 0 Å². The van der Waals surface area contributed by atoms with Gasteiger partial charge in [-0.25, -0.2) is 8.78 Å². The fraction of sp³-hybridized carbons (Fsp3) is 0.333. The maximum atomic E-state index is 12.9. The quantitative estimate of drug-likeness (QED) is 0.627. The van der Waals surface area contributed by atoms with E-state index in [-0.39, 0.29) is 5.56 Å². The fourth-order valence-corrected chi connectivity index (χ4v) is 1.24. The van der Waals surface area contributed by atoms with Gasteiger partial charge in [0.15, 0.2) is 11.6 Å². The lowest BCUT2D eigenvalue weighted by Crippen LogP contribution is -2.35. The number of hydrogen-bond acceptors (Lipinski definition) is 3. The molecule has 0 spiro atoms. The number of amides is 1. The predicted molar refractivity (Wildman–Crippen MR) is 62.3 cm³/mol. The van der Waals surface area contributed by atoms with Crippen molar-refractivity contribution in [2.24, 2.45) is 0 Å². The SMILES string of the molecule is CN(C)CCNC(=O)C(=O)c1ccc(F)c(F)c1. The molecule has 1 rings (SSSR count). The van der Waals surface area contributed by atoms with E-state index in [0.717, 1.165) is 12.1 Å². The monoisotopic (exact) mass is 256 g/mol. The molecule has 0 aliphatic rings. The molecule has 0 heterocycles. The van der Waals surface area contributed by atoms with E-state index >= 15 is 0 Å². The summed E-state index contributed by atoms with van der Waals surface area (Å²) in [5, 5.41) is 2.40. The summed E-state index contributed by atoms with van der Waals surface area (Å²) in [7, 11) is 3.65. The maximum Gasteiger partial charge on any atom is 0.292 e. The highest BCUT2D eigenvalue weighted by Crippen LogP contribution is 2.09. The molecule has 4 nitrogen and oxygen atoms in total. The highest BCUT2D eigenvalue weighted by Gasteiger charge is 2.17. The van der Waals surface area contributed by atoms with E-state index < -0.39 is 23.3 Å². The summed E-state index contributed by atoms with van der Waals surface area (Å²) in [6, 6.07) is 2.60. The molecule has 0 aliphatic carbocycles. The first-order chi connectivity index (χ1) is 8.41. The predicted octanol–water partition coefficient (Wildman–Crippen LogP) is 0.825. The summed E-state index contributed by atoms with van der Waals surface area (Å²) in [6.45, 7) is 0.887. The van der Waals surface area contributed by atoms with Crippen LogP contribution in [0.3, 0.4) is 0 Å². The summed E-state index contributed by atoms with van der Waals surface area (Å²) in [5.41, 5.74) is -0.170. The van der Waals surface area contributed by atoms with Crippen LogP contribution in [-0.4, -0.2) is 43.8 Å². The smallest absolute Gasteiger partial charge is 0.292 e. The van der Waals surface area contributed by atoms with E-state index in [1.54, 1.807) is 0 Å². The Labute approximate surface area is 104 Å². The number of nitrogens with zero attached hydrogens (tertiary/aromatic N) is 1. The third-order valence-electron chi connectivity index (χ3n) is 2.23.